The van der Waals surface area contributed by atoms with Crippen molar-refractivity contribution in [3.63, 3.8) is 0 Å². The maximum Gasteiger partial charge on any atom is 0.243 e. The normalized spacial score (nSPS) is 16.1. The monoisotopic (exact) mass is 440 g/mol. The maximum atomic E-state index is 13.0. The molecule has 0 amide bonds. The zero-order valence-corrected chi connectivity index (χ0v) is 18.8. The summed E-state index contributed by atoms with van der Waals surface area (Å²) in [5, 5.41) is 8.29. The first-order valence-electron chi connectivity index (χ1n) is 10.6. The minimum absolute atomic E-state index is 0.354. The largest absolute Gasteiger partial charge is 0.424 e. The molecule has 1 aliphatic heterocycles. The molecule has 3 aromatic rings. The van der Waals surface area contributed by atoms with Gasteiger partial charge in [-0.1, -0.05) is 56.3 Å². The van der Waals surface area contributed by atoms with Crippen molar-refractivity contribution in [2.45, 2.75) is 37.6 Å². The predicted molar refractivity (Wildman–Crippen MR) is 118 cm³/mol. The molecular weight excluding hydrogens is 412 g/mol. The third-order valence-corrected chi connectivity index (χ3v) is 7.49. The summed E-state index contributed by atoms with van der Waals surface area (Å²) in [7, 11) is -3.48. The van der Waals surface area contributed by atoms with Crippen LogP contribution in [0.4, 0.5) is 0 Å². The van der Waals surface area contributed by atoms with Crippen LogP contribution in [-0.2, 0) is 23.0 Å². The summed E-state index contributed by atoms with van der Waals surface area (Å²) in [5.74, 6) is 1.52. The first-order chi connectivity index (χ1) is 14.9. The average Bonchev–Trinajstić information content (AvgIpc) is 3.21. The highest BCUT2D eigenvalue weighted by molar-refractivity contribution is 7.89. The van der Waals surface area contributed by atoms with Crippen molar-refractivity contribution in [2.24, 2.45) is 0 Å². The van der Waals surface area contributed by atoms with Crippen molar-refractivity contribution >= 4 is 10.0 Å². The molecule has 1 fully saturated rings. The number of hydrogen-bond acceptors (Lipinski definition) is 6. The molecule has 0 aliphatic carbocycles. The number of benzene rings is 2. The van der Waals surface area contributed by atoms with Crippen molar-refractivity contribution in [3.05, 3.63) is 77.5 Å². The molecule has 1 saturated heterocycles. The van der Waals surface area contributed by atoms with Gasteiger partial charge in [-0.05, 0) is 29.2 Å². The summed E-state index contributed by atoms with van der Waals surface area (Å²) in [6.45, 7) is 6.85. The van der Waals surface area contributed by atoms with E-state index in [0.29, 0.717) is 61.7 Å². The molecule has 1 aromatic heterocycles. The molecule has 0 saturated carbocycles. The van der Waals surface area contributed by atoms with Crippen LogP contribution in [0.25, 0.3) is 0 Å². The highest BCUT2D eigenvalue weighted by Gasteiger charge is 2.29. The Morgan fingerprint density at radius 1 is 0.903 bits per heavy atom. The van der Waals surface area contributed by atoms with E-state index >= 15 is 0 Å². The van der Waals surface area contributed by atoms with Crippen LogP contribution in [0.1, 0.15) is 42.7 Å². The van der Waals surface area contributed by atoms with E-state index < -0.39 is 10.0 Å². The van der Waals surface area contributed by atoms with Crippen LogP contribution >= 0.6 is 0 Å². The van der Waals surface area contributed by atoms with Crippen LogP contribution < -0.4 is 0 Å². The molecule has 0 radical (unpaired) electrons. The second-order valence-electron chi connectivity index (χ2n) is 8.16. The Labute approximate surface area is 183 Å². The van der Waals surface area contributed by atoms with Gasteiger partial charge in [0.15, 0.2) is 0 Å². The maximum absolute atomic E-state index is 13.0. The molecule has 0 N–H and O–H groups in total. The van der Waals surface area contributed by atoms with E-state index in [1.165, 1.54) is 0 Å². The Morgan fingerprint density at radius 3 is 2.19 bits per heavy atom. The fourth-order valence-corrected chi connectivity index (χ4v) is 5.11. The average molecular weight is 441 g/mol. The van der Waals surface area contributed by atoms with Crippen LogP contribution in [0.3, 0.4) is 0 Å². The molecule has 1 aliphatic rings. The van der Waals surface area contributed by atoms with E-state index in [1.54, 1.807) is 16.4 Å². The Hall–Kier alpha value is -2.55. The van der Waals surface area contributed by atoms with Gasteiger partial charge >= 0.3 is 0 Å². The van der Waals surface area contributed by atoms with Gasteiger partial charge in [0.1, 0.15) is 0 Å². The SMILES string of the molecule is CC(C)c1ccc(S(=O)(=O)N2CCN(Cc3nnc(Cc4ccccc4)o3)CC2)cc1. The number of aromatic nitrogens is 2. The summed E-state index contributed by atoms with van der Waals surface area (Å²) < 4.78 is 33.3. The zero-order chi connectivity index (χ0) is 21.8. The molecule has 0 unspecified atom stereocenters. The van der Waals surface area contributed by atoms with Gasteiger partial charge in [-0.2, -0.15) is 4.31 Å². The van der Waals surface area contributed by atoms with Crippen LogP contribution in [0.2, 0.25) is 0 Å². The molecule has 0 bridgehead atoms. The second kappa shape index (κ2) is 9.30. The van der Waals surface area contributed by atoms with E-state index in [1.807, 2.05) is 42.5 Å². The summed E-state index contributed by atoms with van der Waals surface area (Å²) in [4.78, 5) is 2.50. The Kier molecular flexibility index (Phi) is 6.50. The molecule has 7 nitrogen and oxygen atoms in total. The number of piperazine rings is 1. The third kappa shape index (κ3) is 5.20. The number of nitrogens with zero attached hydrogens (tertiary/aromatic N) is 4. The van der Waals surface area contributed by atoms with Crippen molar-refractivity contribution in [1.29, 1.82) is 0 Å². The lowest BCUT2D eigenvalue weighted by Gasteiger charge is -2.33. The van der Waals surface area contributed by atoms with Gasteiger partial charge in [0.25, 0.3) is 0 Å². The van der Waals surface area contributed by atoms with Gasteiger partial charge < -0.3 is 4.42 Å². The van der Waals surface area contributed by atoms with E-state index in [-0.39, 0.29) is 0 Å². The Morgan fingerprint density at radius 2 is 1.55 bits per heavy atom. The van der Waals surface area contributed by atoms with E-state index in [2.05, 4.69) is 28.9 Å². The topological polar surface area (TPSA) is 79.5 Å². The van der Waals surface area contributed by atoms with Gasteiger partial charge in [-0.15, -0.1) is 10.2 Å². The lowest BCUT2D eigenvalue weighted by atomic mass is 10.0. The van der Waals surface area contributed by atoms with Crippen molar-refractivity contribution in [1.82, 2.24) is 19.4 Å². The first kappa shape index (κ1) is 21.7. The minimum atomic E-state index is -3.48. The smallest absolute Gasteiger partial charge is 0.243 e. The minimum Gasteiger partial charge on any atom is -0.424 e. The van der Waals surface area contributed by atoms with Gasteiger partial charge in [0.2, 0.25) is 21.8 Å². The molecule has 8 heteroatoms. The van der Waals surface area contributed by atoms with Gasteiger partial charge in [-0.3, -0.25) is 4.90 Å². The molecular formula is C23H28N4O3S. The van der Waals surface area contributed by atoms with E-state index in [0.717, 1.165) is 11.1 Å². The fraction of sp³-hybridized carbons (Fsp3) is 0.391. The van der Waals surface area contributed by atoms with Crippen molar-refractivity contribution in [3.8, 4) is 0 Å². The molecule has 0 atom stereocenters. The van der Waals surface area contributed by atoms with Gasteiger partial charge in [-0.25, -0.2) is 8.42 Å². The highest BCUT2D eigenvalue weighted by atomic mass is 32.2. The first-order valence-corrected chi connectivity index (χ1v) is 12.0. The quantitative estimate of drug-likeness (QED) is 0.561. The van der Waals surface area contributed by atoms with Gasteiger partial charge in [0, 0.05) is 26.2 Å². The summed E-state index contributed by atoms with van der Waals surface area (Å²) >= 11 is 0. The predicted octanol–water partition coefficient (Wildman–Crippen LogP) is 3.29. The number of hydrogen-bond donors (Lipinski definition) is 0. The molecule has 0 spiro atoms. The van der Waals surface area contributed by atoms with Crippen LogP contribution in [0, 0.1) is 0 Å². The summed E-state index contributed by atoms with van der Waals surface area (Å²) in [6.07, 6.45) is 0.607. The molecule has 31 heavy (non-hydrogen) atoms. The Bertz CT molecular complexity index is 1090. The number of sulfonamides is 1. The lowest BCUT2D eigenvalue weighted by molar-refractivity contribution is 0.167. The molecule has 2 aromatic carbocycles. The summed E-state index contributed by atoms with van der Waals surface area (Å²) in [6, 6.07) is 17.2. The standard InChI is InChI=1S/C23H28N4O3S/c1-18(2)20-8-10-21(11-9-20)31(28,29)27-14-12-26(13-15-27)17-23-25-24-22(30-23)16-19-6-4-3-5-7-19/h3-11,18H,12-17H2,1-2H3. The van der Waals surface area contributed by atoms with Crippen LogP contribution in [0.15, 0.2) is 63.9 Å². The lowest BCUT2D eigenvalue weighted by Crippen LogP contribution is -2.48. The van der Waals surface area contributed by atoms with Crippen LogP contribution in [0.5, 0.6) is 0 Å². The van der Waals surface area contributed by atoms with Crippen molar-refractivity contribution < 1.29 is 12.8 Å². The molecule has 164 valence electrons. The fourth-order valence-electron chi connectivity index (χ4n) is 3.69. The summed E-state index contributed by atoms with van der Waals surface area (Å²) in [5.41, 5.74) is 2.26. The molecule has 4 rings (SSSR count). The van der Waals surface area contributed by atoms with Crippen molar-refractivity contribution in [2.75, 3.05) is 26.2 Å². The number of rotatable bonds is 7. The highest BCUT2D eigenvalue weighted by Crippen LogP contribution is 2.21. The van der Waals surface area contributed by atoms with Gasteiger partial charge in [0.05, 0.1) is 17.9 Å². The Balaban J connectivity index is 1.32. The van der Waals surface area contributed by atoms with E-state index in [9.17, 15) is 8.42 Å². The second-order valence-corrected chi connectivity index (χ2v) is 10.1. The zero-order valence-electron chi connectivity index (χ0n) is 17.9. The van der Waals surface area contributed by atoms with E-state index in [4.69, 9.17) is 4.42 Å². The molecule has 2 heterocycles. The van der Waals surface area contributed by atoms with Crippen LogP contribution in [-0.4, -0.2) is 54.0 Å². The third-order valence-electron chi connectivity index (χ3n) is 5.58.